The van der Waals surface area contributed by atoms with Crippen molar-refractivity contribution < 1.29 is 47.6 Å². The molecule has 0 bridgehead atoms. The Hall–Kier alpha value is -3.06. The molecule has 5 atom stereocenters. The van der Waals surface area contributed by atoms with E-state index in [0.29, 0.717) is 4.47 Å². The van der Waals surface area contributed by atoms with Gasteiger partial charge in [0.05, 0.1) is 7.11 Å². The van der Waals surface area contributed by atoms with Crippen LogP contribution >= 0.6 is 15.9 Å². The quantitative estimate of drug-likeness (QED) is 0.296. The molecule has 32 heavy (non-hydrogen) atoms. The average molecular weight is 518 g/mol. The van der Waals surface area contributed by atoms with E-state index >= 15 is 0 Å². The van der Waals surface area contributed by atoms with Crippen LogP contribution in [0, 0.1) is 4.91 Å². The third-order valence-electron chi connectivity index (χ3n) is 4.10. The molecule has 1 aromatic carbocycles. The lowest BCUT2D eigenvalue weighted by molar-refractivity contribution is -0.282. The van der Waals surface area contributed by atoms with Crippen molar-refractivity contribution in [3.05, 3.63) is 27.6 Å². The van der Waals surface area contributed by atoms with Crippen LogP contribution in [0.1, 0.15) is 20.8 Å². The summed E-state index contributed by atoms with van der Waals surface area (Å²) >= 11 is 3.19. The number of carbonyl (C=O) groups excluding carboxylic acids is 4. The summed E-state index contributed by atoms with van der Waals surface area (Å²) in [5.74, 6) is -3.53. The van der Waals surface area contributed by atoms with E-state index in [1.807, 2.05) is 0 Å². The van der Waals surface area contributed by atoms with Crippen LogP contribution in [0.4, 0.5) is 5.69 Å². The molecule has 0 radical (unpaired) electrons. The molecule has 0 saturated carbocycles. The van der Waals surface area contributed by atoms with Gasteiger partial charge in [-0.3, -0.25) is 14.4 Å². The number of benzene rings is 1. The number of nitrogens with zero attached hydrogens (tertiary/aromatic N) is 1. The number of carbonyl (C=O) groups is 4. The van der Waals surface area contributed by atoms with E-state index in [1.165, 1.54) is 18.2 Å². The van der Waals surface area contributed by atoms with Crippen molar-refractivity contribution in [1.29, 1.82) is 0 Å². The summed E-state index contributed by atoms with van der Waals surface area (Å²) < 4.78 is 32.1. The van der Waals surface area contributed by atoms with Gasteiger partial charge < -0.3 is 28.4 Å². The van der Waals surface area contributed by atoms with Gasteiger partial charge in [-0.2, -0.15) is 0 Å². The first kappa shape index (κ1) is 25.2. The second-order valence-electron chi connectivity index (χ2n) is 6.49. The van der Waals surface area contributed by atoms with Gasteiger partial charge in [-0.1, -0.05) is 15.9 Å². The monoisotopic (exact) mass is 517 g/mol. The van der Waals surface area contributed by atoms with Crippen molar-refractivity contribution in [2.24, 2.45) is 5.18 Å². The van der Waals surface area contributed by atoms with Crippen LogP contribution in [0.15, 0.2) is 27.8 Å². The van der Waals surface area contributed by atoms with Gasteiger partial charge in [-0.05, 0) is 23.4 Å². The summed E-state index contributed by atoms with van der Waals surface area (Å²) in [6, 6.07) is 4.27. The van der Waals surface area contributed by atoms with Crippen LogP contribution in [0.2, 0.25) is 0 Å². The number of hydrogen-bond donors (Lipinski definition) is 0. The SMILES string of the molecule is COC(=O)C1OC(Oc2ccc(Br)cc2N=O)[C@H](OC(C)=O)C(OC(C)=O)[C@@H]1OC(C)=O. The number of ether oxygens (including phenoxy) is 6. The van der Waals surface area contributed by atoms with Gasteiger partial charge in [-0.25, -0.2) is 4.79 Å². The van der Waals surface area contributed by atoms with Crippen molar-refractivity contribution in [2.75, 3.05) is 7.11 Å². The van der Waals surface area contributed by atoms with E-state index in [1.54, 1.807) is 0 Å². The number of rotatable bonds is 7. The molecule has 13 heteroatoms. The molecule has 3 unspecified atom stereocenters. The van der Waals surface area contributed by atoms with Gasteiger partial charge in [0.15, 0.2) is 29.7 Å². The Bertz CT molecular complexity index is 905. The van der Waals surface area contributed by atoms with E-state index in [9.17, 15) is 24.1 Å². The third-order valence-corrected chi connectivity index (χ3v) is 4.59. The minimum absolute atomic E-state index is 0.0820. The first-order valence-corrected chi connectivity index (χ1v) is 9.91. The minimum Gasteiger partial charge on any atom is -0.467 e. The predicted molar refractivity (Wildman–Crippen MR) is 108 cm³/mol. The Morgan fingerprint density at radius 2 is 1.50 bits per heavy atom. The van der Waals surface area contributed by atoms with Gasteiger partial charge in [0.25, 0.3) is 0 Å². The van der Waals surface area contributed by atoms with E-state index in [-0.39, 0.29) is 11.4 Å². The molecule has 1 aliphatic heterocycles. The number of methoxy groups -OCH3 is 1. The standard InChI is InChI=1S/C19H20BrNO11/c1-8(22)28-14-15(29-9(2)23)17(30-10(3)24)19(32-16(14)18(25)27-4)31-13-6-5-11(20)7-12(13)21-26/h5-7,14-17,19H,1-4H3/t14-,15?,16?,17+,19?/m0/s1. The van der Waals surface area contributed by atoms with Crippen LogP contribution < -0.4 is 4.74 Å². The maximum atomic E-state index is 12.4. The van der Waals surface area contributed by atoms with Gasteiger partial charge >= 0.3 is 23.9 Å². The van der Waals surface area contributed by atoms with Crippen LogP contribution in [0.3, 0.4) is 0 Å². The smallest absolute Gasteiger partial charge is 0.339 e. The first-order valence-electron chi connectivity index (χ1n) is 9.11. The van der Waals surface area contributed by atoms with Crippen LogP contribution in [0.5, 0.6) is 5.75 Å². The fourth-order valence-electron chi connectivity index (χ4n) is 2.96. The fourth-order valence-corrected chi connectivity index (χ4v) is 3.31. The molecule has 1 saturated heterocycles. The second kappa shape index (κ2) is 11.0. The first-order chi connectivity index (χ1) is 15.1. The summed E-state index contributed by atoms with van der Waals surface area (Å²) in [5.41, 5.74) is -0.134. The molecule has 0 aliphatic carbocycles. The summed E-state index contributed by atoms with van der Waals surface area (Å²) in [5, 5.41) is 2.86. The molecular weight excluding hydrogens is 498 g/mol. The Morgan fingerprint density at radius 1 is 0.938 bits per heavy atom. The minimum atomic E-state index is -1.62. The van der Waals surface area contributed by atoms with Crippen molar-refractivity contribution in [2.45, 2.75) is 51.5 Å². The van der Waals surface area contributed by atoms with Crippen molar-refractivity contribution in [3.8, 4) is 5.75 Å². The molecule has 0 N–H and O–H groups in total. The zero-order valence-electron chi connectivity index (χ0n) is 17.4. The number of nitroso groups, excluding NO2 is 1. The third kappa shape index (κ3) is 6.23. The summed E-state index contributed by atoms with van der Waals surface area (Å²) in [6.45, 7) is 3.21. The zero-order valence-corrected chi connectivity index (χ0v) is 19.0. The Labute approximate surface area is 190 Å². The number of esters is 4. The molecule has 0 aromatic heterocycles. The lowest BCUT2D eigenvalue weighted by Gasteiger charge is -2.43. The molecule has 0 spiro atoms. The van der Waals surface area contributed by atoms with Gasteiger partial charge in [0, 0.05) is 25.2 Å². The highest BCUT2D eigenvalue weighted by molar-refractivity contribution is 9.10. The molecule has 1 fully saturated rings. The number of halogens is 1. The highest BCUT2D eigenvalue weighted by Gasteiger charge is 2.55. The average Bonchev–Trinajstić information content (AvgIpc) is 2.71. The molecule has 1 aliphatic rings. The molecule has 174 valence electrons. The Kier molecular flexibility index (Phi) is 8.66. The molecule has 2 rings (SSSR count). The van der Waals surface area contributed by atoms with E-state index < -0.39 is 54.6 Å². The van der Waals surface area contributed by atoms with Crippen LogP contribution in [-0.2, 0) is 42.9 Å². The lowest BCUT2D eigenvalue weighted by Crippen LogP contribution is -2.64. The summed E-state index contributed by atoms with van der Waals surface area (Å²) in [6.07, 6.45) is -7.73. The largest absolute Gasteiger partial charge is 0.467 e. The van der Waals surface area contributed by atoms with Crippen molar-refractivity contribution in [1.82, 2.24) is 0 Å². The van der Waals surface area contributed by atoms with Crippen LogP contribution in [-0.4, -0.2) is 61.7 Å². The maximum absolute atomic E-state index is 12.4. The summed E-state index contributed by atoms with van der Waals surface area (Å²) in [7, 11) is 1.06. The molecular formula is C19H20BrNO11. The lowest BCUT2D eigenvalue weighted by atomic mass is 9.97. The Balaban J connectivity index is 2.55. The fraction of sp³-hybridized carbons (Fsp3) is 0.474. The van der Waals surface area contributed by atoms with E-state index in [2.05, 4.69) is 21.1 Å². The maximum Gasteiger partial charge on any atom is 0.339 e. The zero-order chi connectivity index (χ0) is 24.0. The topological polar surface area (TPSA) is 153 Å². The normalized spacial score (nSPS) is 24.6. The number of hydrogen-bond acceptors (Lipinski definition) is 12. The van der Waals surface area contributed by atoms with Gasteiger partial charge in [0.1, 0.15) is 0 Å². The summed E-state index contributed by atoms with van der Waals surface area (Å²) in [4.78, 5) is 58.8. The highest BCUT2D eigenvalue weighted by Crippen LogP contribution is 2.35. The van der Waals surface area contributed by atoms with E-state index in [4.69, 9.17) is 28.4 Å². The Morgan fingerprint density at radius 3 is 2.03 bits per heavy atom. The van der Waals surface area contributed by atoms with Gasteiger partial charge in [0.2, 0.25) is 12.4 Å². The van der Waals surface area contributed by atoms with Crippen molar-refractivity contribution >= 4 is 45.5 Å². The predicted octanol–water partition coefficient (Wildman–Crippen LogP) is 1.92. The highest BCUT2D eigenvalue weighted by atomic mass is 79.9. The molecule has 1 heterocycles. The second-order valence-corrected chi connectivity index (χ2v) is 7.41. The molecule has 0 amide bonds. The van der Waals surface area contributed by atoms with Gasteiger partial charge in [-0.15, -0.1) is 4.91 Å². The van der Waals surface area contributed by atoms with Crippen LogP contribution in [0.25, 0.3) is 0 Å². The molecule has 12 nitrogen and oxygen atoms in total. The molecule has 1 aromatic rings. The van der Waals surface area contributed by atoms with E-state index in [0.717, 1.165) is 27.9 Å². The van der Waals surface area contributed by atoms with Crippen molar-refractivity contribution in [3.63, 3.8) is 0 Å².